The van der Waals surface area contributed by atoms with E-state index in [1.54, 1.807) is 0 Å². The van der Waals surface area contributed by atoms with Crippen molar-refractivity contribution >= 4 is 23.1 Å². The van der Waals surface area contributed by atoms with E-state index in [1.807, 2.05) is 0 Å². The Bertz CT molecular complexity index is 8.00. The molecule has 0 aliphatic carbocycles. The van der Waals surface area contributed by atoms with E-state index in [0.29, 0.717) is 0 Å². The summed E-state index contributed by atoms with van der Waals surface area (Å²) in [4.78, 5) is 0. The predicted octanol–water partition coefficient (Wildman–Crippen LogP) is -0.924. The van der Waals surface area contributed by atoms with E-state index in [9.17, 15) is 0 Å². The molecule has 4 heteroatoms. The van der Waals surface area contributed by atoms with Crippen molar-refractivity contribution in [2.24, 2.45) is 0 Å². The molecule has 2 radical (unpaired) electrons. The van der Waals surface area contributed by atoms with Gasteiger partial charge in [0.05, 0.1) is 0 Å². The summed E-state index contributed by atoms with van der Waals surface area (Å²) in [5.41, 5.74) is 0. The van der Waals surface area contributed by atoms with Crippen LogP contribution in [0.5, 0.6) is 0 Å². The molecular formula is H2MgMnYZn. The van der Waals surface area contributed by atoms with Gasteiger partial charge in [0.1, 0.15) is 0 Å². The largest absolute Gasteiger partial charge is 0.316 e. The molecule has 0 saturated heterocycles. The SMILES string of the molecule is [MgH2].[Mn].[Y].[Zn]. The first-order chi connectivity index (χ1) is 0. The molecule has 0 heterocycles. The first-order valence-corrected chi connectivity index (χ1v) is 0. The van der Waals surface area contributed by atoms with Crippen LogP contribution in [0.3, 0.4) is 0 Å². The maximum Gasteiger partial charge on any atom is 0.316 e. The second-order valence-corrected chi connectivity index (χ2v) is 0. The fourth-order valence-electron chi connectivity index (χ4n) is 0. The molecule has 0 bridgehead atoms. The molecule has 0 spiro atoms. The Kier molecular flexibility index (Phi) is 116. The zero-order valence-electron chi connectivity index (χ0n) is 1.66. The summed E-state index contributed by atoms with van der Waals surface area (Å²) in [5, 5.41) is 0. The van der Waals surface area contributed by atoms with Crippen molar-refractivity contribution in [2.45, 2.75) is 0 Å². The molecule has 0 aromatic carbocycles. The third-order valence-corrected chi connectivity index (χ3v) is 0. The normalized spacial score (nSPS) is 0. The molecule has 16 valence electrons. The molecule has 0 rings (SSSR count). The monoisotopic (exact) mass is 234 g/mol. The fourth-order valence-corrected chi connectivity index (χ4v) is 0. The van der Waals surface area contributed by atoms with Gasteiger partial charge in [-0.05, 0) is 0 Å². The van der Waals surface area contributed by atoms with Gasteiger partial charge in [0, 0.05) is 69.3 Å². The zero-order chi connectivity index (χ0) is 0. The summed E-state index contributed by atoms with van der Waals surface area (Å²) in [6.45, 7) is 0. The van der Waals surface area contributed by atoms with Crippen molar-refractivity contribution in [1.82, 2.24) is 0 Å². The quantitative estimate of drug-likeness (QED) is 0.476. The van der Waals surface area contributed by atoms with Crippen LogP contribution in [0, 0.1) is 0 Å². The van der Waals surface area contributed by atoms with Crippen molar-refractivity contribution in [3.8, 4) is 0 Å². The molecule has 0 saturated carbocycles. The van der Waals surface area contributed by atoms with Crippen LogP contribution in [-0.2, 0) is 69.3 Å². The average molecular weight is 236 g/mol. The van der Waals surface area contributed by atoms with Crippen molar-refractivity contribution < 1.29 is 69.3 Å². The molecule has 0 amide bonds. The Morgan fingerprint density at radius 3 is 1.00 bits per heavy atom. The maximum absolute atomic E-state index is 0. The van der Waals surface area contributed by atoms with Gasteiger partial charge in [-0.1, -0.05) is 0 Å². The van der Waals surface area contributed by atoms with Gasteiger partial charge in [-0.2, -0.15) is 0 Å². The minimum absolute atomic E-state index is 0. The van der Waals surface area contributed by atoms with Gasteiger partial charge in [-0.25, -0.2) is 0 Å². The van der Waals surface area contributed by atoms with Crippen LogP contribution in [0.4, 0.5) is 0 Å². The van der Waals surface area contributed by atoms with Crippen LogP contribution in [0.1, 0.15) is 0 Å². The van der Waals surface area contributed by atoms with Crippen molar-refractivity contribution in [3.63, 3.8) is 0 Å². The van der Waals surface area contributed by atoms with E-state index in [0.717, 1.165) is 0 Å². The Morgan fingerprint density at radius 2 is 1.00 bits per heavy atom. The molecular weight excluding hydrogens is 234 g/mol. The second-order valence-electron chi connectivity index (χ2n) is 0. The minimum Gasteiger partial charge on any atom is 0 e. The Morgan fingerprint density at radius 1 is 1.00 bits per heavy atom. The smallest absolute Gasteiger partial charge is 0 e. The Hall–Kier alpha value is 3.01. The second kappa shape index (κ2) is 16.6. The van der Waals surface area contributed by atoms with Gasteiger partial charge in [-0.3, -0.25) is 0 Å². The van der Waals surface area contributed by atoms with E-state index >= 15 is 0 Å². The predicted molar refractivity (Wildman–Crippen MR) is 8.54 cm³/mol. The van der Waals surface area contributed by atoms with Crippen LogP contribution in [0.25, 0.3) is 0 Å². The van der Waals surface area contributed by atoms with Gasteiger partial charge in [0.2, 0.25) is 0 Å². The fraction of sp³-hybridized carbons (Fsp3) is 0. The topological polar surface area (TPSA) is 0 Å². The molecule has 0 N–H and O–H groups in total. The molecule has 0 aliphatic rings. The van der Waals surface area contributed by atoms with Crippen molar-refractivity contribution in [3.05, 3.63) is 0 Å². The van der Waals surface area contributed by atoms with Crippen LogP contribution in [0.15, 0.2) is 0 Å². The Balaban J connectivity index is 0. The minimum atomic E-state index is 0. The van der Waals surface area contributed by atoms with Crippen LogP contribution in [-0.4, -0.2) is 23.1 Å². The number of hydrogen-bond donors (Lipinski definition) is 0. The Labute approximate surface area is 90.5 Å². The van der Waals surface area contributed by atoms with Crippen LogP contribution < -0.4 is 0 Å². The summed E-state index contributed by atoms with van der Waals surface area (Å²) in [6, 6.07) is 0. The van der Waals surface area contributed by atoms with Gasteiger partial charge in [-0.15, -0.1) is 0 Å². The van der Waals surface area contributed by atoms with Crippen molar-refractivity contribution in [1.29, 1.82) is 0 Å². The summed E-state index contributed by atoms with van der Waals surface area (Å²) >= 11 is 0. The van der Waals surface area contributed by atoms with E-state index in [1.165, 1.54) is 0 Å². The van der Waals surface area contributed by atoms with Crippen LogP contribution in [0.2, 0.25) is 0 Å². The molecule has 0 nitrogen and oxygen atoms in total. The molecule has 0 unspecified atom stereocenters. The van der Waals surface area contributed by atoms with Gasteiger partial charge in [0.25, 0.3) is 0 Å². The zero-order valence-corrected chi connectivity index (χ0v) is 8.65. The first kappa shape index (κ1) is 27.9. The average Bonchev–Trinajstić information content (AvgIpc) is 0. The summed E-state index contributed by atoms with van der Waals surface area (Å²) in [6.07, 6.45) is 0. The molecule has 0 fully saturated rings. The van der Waals surface area contributed by atoms with Crippen molar-refractivity contribution in [2.75, 3.05) is 0 Å². The third kappa shape index (κ3) is 8.89. The molecule has 0 atom stereocenters. The van der Waals surface area contributed by atoms with Crippen LogP contribution >= 0.6 is 0 Å². The van der Waals surface area contributed by atoms with Gasteiger partial charge < -0.3 is 0 Å². The summed E-state index contributed by atoms with van der Waals surface area (Å²) in [7, 11) is 0. The first-order valence-electron chi connectivity index (χ1n) is 0. The van der Waals surface area contributed by atoms with E-state index in [4.69, 9.17) is 0 Å². The summed E-state index contributed by atoms with van der Waals surface area (Å²) < 4.78 is 0. The van der Waals surface area contributed by atoms with Gasteiger partial charge >= 0.3 is 23.1 Å². The molecule has 0 aromatic rings. The number of rotatable bonds is 0. The van der Waals surface area contributed by atoms with E-state index < -0.39 is 0 Å². The maximum atomic E-state index is 0. The van der Waals surface area contributed by atoms with Gasteiger partial charge in [0.15, 0.2) is 0 Å². The molecule has 0 aromatic heterocycles. The third-order valence-electron chi connectivity index (χ3n) is 0. The van der Waals surface area contributed by atoms with E-state index in [2.05, 4.69) is 0 Å². The molecule has 4 heavy (non-hydrogen) atoms. The summed E-state index contributed by atoms with van der Waals surface area (Å²) in [5.74, 6) is 0. The number of hydrogen-bond acceptors (Lipinski definition) is 0. The van der Waals surface area contributed by atoms with E-state index in [-0.39, 0.29) is 92.3 Å². The standard InChI is InChI=1S/Mg.Mn.Y.Zn.2H. The molecule has 0 aliphatic heterocycles.